The molecule has 2 N–H and O–H groups in total. The first-order valence-corrected chi connectivity index (χ1v) is 17.4. The Hall–Kier alpha value is -4.38. The topological polar surface area (TPSA) is 126 Å². The van der Waals surface area contributed by atoms with E-state index in [2.05, 4.69) is 15.0 Å². The van der Waals surface area contributed by atoms with Crippen molar-refractivity contribution in [1.82, 2.24) is 24.6 Å². The predicted molar refractivity (Wildman–Crippen MR) is 187 cm³/mol. The van der Waals surface area contributed by atoms with Crippen molar-refractivity contribution >= 4 is 60.7 Å². The Kier molecular flexibility index (Phi) is 8.67. The van der Waals surface area contributed by atoms with Crippen LogP contribution in [0.4, 0.5) is 19.6 Å². The van der Waals surface area contributed by atoms with Gasteiger partial charge in [-0.05, 0) is 76.9 Å². The summed E-state index contributed by atoms with van der Waals surface area (Å²) in [4.78, 5) is 26.8. The average Bonchev–Trinajstić information content (AvgIpc) is 3.64. The van der Waals surface area contributed by atoms with Gasteiger partial charge < -0.3 is 20.3 Å². The Morgan fingerprint density at radius 1 is 1.22 bits per heavy atom. The lowest BCUT2D eigenvalue weighted by atomic mass is 9.97. The molecular formula is C35H35ClF2N8O2S. The van der Waals surface area contributed by atoms with Crippen LogP contribution in [-0.2, 0) is 0 Å². The summed E-state index contributed by atoms with van der Waals surface area (Å²) in [7, 11) is 4.03. The molecule has 2 fully saturated rings. The van der Waals surface area contributed by atoms with Crippen LogP contribution in [0.1, 0.15) is 48.2 Å². The fourth-order valence-electron chi connectivity index (χ4n) is 6.91. The van der Waals surface area contributed by atoms with Crippen LogP contribution in [0, 0.1) is 41.2 Å². The number of nitrogen functional groups attached to an aromatic ring is 1. The van der Waals surface area contributed by atoms with E-state index in [4.69, 9.17) is 27.1 Å². The fourth-order valence-corrected chi connectivity index (χ4v) is 8.16. The summed E-state index contributed by atoms with van der Waals surface area (Å²) in [5, 5.41) is 14.9. The number of anilines is 2. The highest BCUT2D eigenvalue weighted by molar-refractivity contribution is 7.23. The summed E-state index contributed by atoms with van der Waals surface area (Å²) in [6, 6.07) is 8.11. The molecule has 1 aliphatic carbocycles. The van der Waals surface area contributed by atoms with E-state index in [1.54, 1.807) is 18.3 Å². The number of fused-ring (bicyclic) bond motifs is 2. The van der Waals surface area contributed by atoms with Gasteiger partial charge in [0.1, 0.15) is 28.2 Å². The van der Waals surface area contributed by atoms with Crippen LogP contribution < -0.4 is 15.4 Å². The molecule has 1 atom stereocenters. The van der Waals surface area contributed by atoms with Crippen molar-refractivity contribution in [1.29, 1.82) is 5.26 Å². The number of nitriles is 1. The van der Waals surface area contributed by atoms with Gasteiger partial charge in [0.2, 0.25) is 5.91 Å². The van der Waals surface area contributed by atoms with Gasteiger partial charge >= 0.3 is 6.01 Å². The average molecular weight is 705 g/mol. The van der Waals surface area contributed by atoms with Gasteiger partial charge in [-0.25, -0.2) is 13.5 Å². The van der Waals surface area contributed by atoms with Gasteiger partial charge in [0.15, 0.2) is 5.82 Å². The van der Waals surface area contributed by atoms with Crippen LogP contribution in [-0.4, -0.2) is 70.9 Å². The minimum atomic E-state index is -0.746. The molecule has 0 spiro atoms. The van der Waals surface area contributed by atoms with Crippen molar-refractivity contribution in [3.63, 3.8) is 0 Å². The van der Waals surface area contributed by atoms with E-state index in [9.17, 15) is 14.4 Å². The molecule has 254 valence electrons. The van der Waals surface area contributed by atoms with Crippen molar-refractivity contribution in [3.05, 3.63) is 58.4 Å². The molecule has 7 rings (SSSR count). The maximum absolute atomic E-state index is 17.0. The highest BCUT2D eigenvalue weighted by Gasteiger charge is 2.44. The van der Waals surface area contributed by atoms with Gasteiger partial charge in [-0.15, -0.1) is 11.3 Å². The second kappa shape index (κ2) is 12.8. The minimum Gasteiger partial charge on any atom is -0.463 e. The van der Waals surface area contributed by atoms with Crippen LogP contribution in [0.5, 0.6) is 6.01 Å². The maximum atomic E-state index is 17.0. The number of benzene rings is 2. The van der Waals surface area contributed by atoms with E-state index in [0.29, 0.717) is 50.2 Å². The largest absolute Gasteiger partial charge is 0.463 e. The van der Waals surface area contributed by atoms with Crippen LogP contribution in [0.25, 0.3) is 32.1 Å². The summed E-state index contributed by atoms with van der Waals surface area (Å²) in [6.45, 7) is 4.10. The van der Waals surface area contributed by atoms with Crippen molar-refractivity contribution in [2.75, 3.05) is 51.0 Å². The Labute approximate surface area is 291 Å². The van der Waals surface area contributed by atoms with Gasteiger partial charge in [0, 0.05) is 53.5 Å². The van der Waals surface area contributed by atoms with E-state index in [1.807, 2.05) is 32.0 Å². The van der Waals surface area contributed by atoms with Crippen molar-refractivity contribution in [3.8, 4) is 23.2 Å². The van der Waals surface area contributed by atoms with E-state index in [-0.39, 0.29) is 65.6 Å². The smallest absolute Gasteiger partial charge is 0.319 e. The molecule has 0 bridgehead atoms. The third kappa shape index (κ3) is 6.17. The molecule has 49 heavy (non-hydrogen) atoms. The number of aromatic nitrogens is 4. The van der Waals surface area contributed by atoms with Crippen molar-refractivity contribution < 1.29 is 18.3 Å². The molecule has 14 heteroatoms. The maximum Gasteiger partial charge on any atom is 0.319 e. The number of halogens is 3. The third-order valence-electron chi connectivity index (χ3n) is 9.48. The Morgan fingerprint density at radius 3 is 2.71 bits per heavy atom. The molecule has 10 nitrogen and oxygen atoms in total. The van der Waals surface area contributed by atoms with Crippen LogP contribution >= 0.6 is 22.9 Å². The summed E-state index contributed by atoms with van der Waals surface area (Å²) in [5.41, 5.74) is 7.08. The third-order valence-corrected chi connectivity index (χ3v) is 10.8. The Balaban J connectivity index is 1.32. The van der Waals surface area contributed by atoms with Gasteiger partial charge in [0.25, 0.3) is 0 Å². The first kappa shape index (κ1) is 33.1. The zero-order valence-corrected chi connectivity index (χ0v) is 29.0. The standard InChI is InChI=1S/C35H35ClF2N8O2S/c1-19-8-14-46(43-19)33(47)20-5-4-12-45(13-9-20)32-22-15-24(36)27(21-6-7-25(37)30-26(21)23(16-39)31(40)49-30)28(38)29(22)41-34(42-32)48-18-35(10-11-35)17-44(2)3/h6-8,14-15,20H,4-5,9-13,17-18,40H2,1-3H3. The molecule has 1 unspecified atom stereocenters. The number of carbonyl (C=O) groups excluding carboxylic acids is 1. The lowest BCUT2D eigenvalue weighted by Crippen LogP contribution is -2.29. The number of ether oxygens (including phenoxy) is 1. The number of nitrogens with two attached hydrogens (primary N) is 1. The molecule has 1 saturated heterocycles. The van der Waals surface area contributed by atoms with Crippen LogP contribution in [0.2, 0.25) is 5.02 Å². The van der Waals surface area contributed by atoms with Gasteiger partial charge in [0.05, 0.1) is 27.6 Å². The second-order valence-corrected chi connectivity index (χ2v) is 14.9. The highest BCUT2D eigenvalue weighted by Crippen LogP contribution is 2.47. The summed E-state index contributed by atoms with van der Waals surface area (Å²) >= 11 is 7.80. The summed E-state index contributed by atoms with van der Waals surface area (Å²) < 4.78 is 39.7. The van der Waals surface area contributed by atoms with E-state index in [1.165, 1.54) is 16.8 Å². The number of carbonyl (C=O) groups is 1. The first-order valence-electron chi connectivity index (χ1n) is 16.2. The molecule has 1 saturated carbocycles. The molecular weight excluding hydrogens is 670 g/mol. The zero-order chi connectivity index (χ0) is 34.6. The van der Waals surface area contributed by atoms with Gasteiger partial charge in [-0.3, -0.25) is 4.79 Å². The summed E-state index contributed by atoms with van der Waals surface area (Å²) in [5.74, 6) is -1.16. The lowest BCUT2D eigenvalue weighted by Gasteiger charge is -2.25. The van der Waals surface area contributed by atoms with Gasteiger partial charge in [-0.2, -0.15) is 20.3 Å². The fraction of sp³-hybridized carbons (Fsp3) is 0.400. The normalized spacial score (nSPS) is 17.4. The van der Waals surface area contributed by atoms with E-state index < -0.39 is 11.6 Å². The first-order chi connectivity index (χ1) is 23.5. The van der Waals surface area contributed by atoms with E-state index in [0.717, 1.165) is 36.4 Å². The number of nitrogens with zero attached hydrogens (tertiary/aromatic N) is 7. The molecule has 0 amide bonds. The molecule has 2 aromatic carbocycles. The second-order valence-electron chi connectivity index (χ2n) is 13.4. The number of hydrogen-bond acceptors (Lipinski definition) is 10. The Bertz CT molecular complexity index is 2160. The molecule has 4 heterocycles. The van der Waals surface area contributed by atoms with E-state index >= 15 is 4.39 Å². The number of rotatable bonds is 8. The number of hydrogen-bond donors (Lipinski definition) is 1. The van der Waals surface area contributed by atoms with Crippen molar-refractivity contribution in [2.45, 2.75) is 39.0 Å². The van der Waals surface area contributed by atoms with Crippen molar-refractivity contribution in [2.24, 2.45) is 11.3 Å². The monoisotopic (exact) mass is 704 g/mol. The number of aryl methyl sites for hydroxylation is 1. The summed E-state index contributed by atoms with van der Waals surface area (Å²) in [6.07, 6.45) is 5.60. The van der Waals surface area contributed by atoms with Crippen LogP contribution in [0.15, 0.2) is 30.5 Å². The molecule has 1 aliphatic heterocycles. The van der Waals surface area contributed by atoms with Crippen LogP contribution in [0.3, 0.4) is 0 Å². The SMILES string of the molecule is Cc1ccn(C(=O)C2CCCN(c3nc(OCC4(CN(C)C)CC4)nc4c(F)c(-c5ccc(F)c6sc(N)c(C#N)c56)c(Cl)cc34)CC2)n1. The molecule has 0 radical (unpaired) electrons. The molecule has 5 aromatic rings. The quantitative estimate of drug-likeness (QED) is 0.181. The highest BCUT2D eigenvalue weighted by atomic mass is 35.5. The Morgan fingerprint density at radius 2 is 2.02 bits per heavy atom. The number of thiophene rings is 1. The zero-order valence-electron chi connectivity index (χ0n) is 27.4. The molecule has 3 aromatic heterocycles. The predicted octanol–water partition coefficient (Wildman–Crippen LogP) is 7.07. The lowest BCUT2D eigenvalue weighted by molar-refractivity contribution is 0.0806. The van der Waals surface area contributed by atoms with Gasteiger partial charge in [-0.1, -0.05) is 17.7 Å². The minimum absolute atomic E-state index is 0.0140. The molecule has 2 aliphatic rings.